The fraction of sp³-hybridized carbons (Fsp3) is 0.250. The lowest BCUT2D eigenvalue weighted by Gasteiger charge is -2.11. The van der Waals surface area contributed by atoms with Gasteiger partial charge in [-0.1, -0.05) is 35.6 Å². The summed E-state index contributed by atoms with van der Waals surface area (Å²) < 4.78 is 12.5. The molecule has 166 valence electrons. The first-order valence-electron chi connectivity index (χ1n) is 10.3. The average molecular weight is 468 g/mol. The lowest BCUT2D eigenvalue weighted by molar-refractivity contribution is 0.0531. The molecular weight excluding hydrogens is 442 g/mol. The van der Waals surface area contributed by atoms with Crippen molar-refractivity contribution in [3.8, 4) is 17.0 Å². The predicted molar refractivity (Wildman–Crippen MR) is 131 cm³/mol. The Bertz CT molecular complexity index is 1230. The Balaban J connectivity index is 1.76. The van der Waals surface area contributed by atoms with Crippen LogP contribution < -0.4 is 10.1 Å². The van der Waals surface area contributed by atoms with Crippen molar-refractivity contribution in [2.75, 3.05) is 25.3 Å². The van der Waals surface area contributed by atoms with E-state index in [-0.39, 0.29) is 5.97 Å². The maximum Gasteiger partial charge on any atom is 0.350 e. The van der Waals surface area contributed by atoms with Gasteiger partial charge in [0.05, 0.1) is 13.7 Å². The minimum absolute atomic E-state index is 0.313. The smallest absolute Gasteiger partial charge is 0.350 e. The standard InChI is InChI=1S/C24H25N3O3S2/c1-5-30-23(28)21-15(2)27-22(25-14-16-6-10-18(29-3)11-7-16)20(26-24(27)32-21)17-8-12-19(31-4)13-9-17/h6-13,25H,5,14H2,1-4H3. The molecule has 0 radical (unpaired) electrons. The largest absolute Gasteiger partial charge is 0.497 e. The summed E-state index contributed by atoms with van der Waals surface area (Å²) in [5.41, 5.74) is 3.81. The first kappa shape index (κ1) is 22.2. The van der Waals surface area contributed by atoms with Crippen molar-refractivity contribution in [2.24, 2.45) is 0 Å². The van der Waals surface area contributed by atoms with Crippen LogP contribution in [-0.2, 0) is 11.3 Å². The molecule has 1 N–H and O–H groups in total. The topological polar surface area (TPSA) is 64.9 Å². The highest BCUT2D eigenvalue weighted by molar-refractivity contribution is 7.98. The minimum atomic E-state index is -0.313. The maximum atomic E-state index is 12.4. The molecule has 0 aliphatic carbocycles. The van der Waals surface area contributed by atoms with Crippen molar-refractivity contribution in [3.05, 3.63) is 64.7 Å². The summed E-state index contributed by atoms with van der Waals surface area (Å²) in [5, 5.41) is 3.55. The van der Waals surface area contributed by atoms with E-state index in [0.717, 1.165) is 39.0 Å². The highest BCUT2D eigenvalue weighted by atomic mass is 32.2. The molecular formula is C24H25N3O3S2. The number of esters is 1. The Kier molecular flexibility index (Phi) is 6.72. The van der Waals surface area contributed by atoms with Crippen LogP contribution in [0.5, 0.6) is 5.75 Å². The number of aryl methyl sites for hydroxylation is 1. The van der Waals surface area contributed by atoms with Gasteiger partial charge in [-0.25, -0.2) is 9.78 Å². The van der Waals surface area contributed by atoms with E-state index >= 15 is 0 Å². The van der Waals surface area contributed by atoms with Gasteiger partial charge in [0.15, 0.2) is 4.96 Å². The number of benzene rings is 2. The van der Waals surface area contributed by atoms with Crippen LogP contribution in [0.15, 0.2) is 53.4 Å². The summed E-state index contributed by atoms with van der Waals surface area (Å²) in [4.78, 5) is 19.8. The van der Waals surface area contributed by atoms with Gasteiger partial charge in [-0.2, -0.15) is 0 Å². The second kappa shape index (κ2) is 9.67. The molecule has 0 aliphatic rings. The fourth-order valence-corrected chi connectivity index (χ4v) is 4.90. The van der Waals surface area contributed by atoms with Crippen LogP contribution in [0, 0.1) is 6.92 Å². The van der Waals surface area contributed by atoms with Gasteiger partial charge in [-0.3, -0.25) is 4.40 Å². The van der Waals surface area contributed by atoms with Crippen molar-refractivity contribution in [1.82, 2.24) is 9.38 Å². The van der Waals surface area contributed by atoms with E-state index in [1.165, 1.54) is 16.2 Å². The normalized spacial score (nSPS) is 11.0. The van der Waals surface area contributed by atoms with Crippen molar-refractivity contribution in [2.45, 2.75) is 25.3 Å². The molecule has 2 heterocycles. The third-order valence-corrected chi connectivity index (χ3v) is 7.01. The van der Waals surface area contributed by atoms with Gasteiger partial charge in [0.1, 0.15) is 22.1 Å². The summed E-state index contributed by atoms with van der Waals surface area (Å²) >= 11 is 3.06. The Labute approximate surface area is 195 Å². The number of methoxy groups -OCH3 is 1. The summed E-state index contributed by atoms with van der Waals surface area (Å²) in [6.07, 6.45) is 2.06. The second-order valence-electron chi connectivity index (χ2n) is 7.09. The second-order valence-corrected chi connectivity index (χ2v) is 8.95. The lowest BCUT2D eigenvalue weighted by Crippen LogP contribution is -2.07. The molecule has 0 fully saturated rings. The highest BCUT2D eigenvalue weighted by Crippen LogP contribution is 2.35. The summed E-state index contributed by atoms with van der Waals surface area (Å²) in [7, 11) is 1.66. The fourth-order valence-electron chi connectivity index (χ4n) is 3.47. The van der Waals surface area contributed by atoms with Crippen LogP contribution in [0.1, 0.15) is 27.9 Å². The van der Waals surface area contributed by atoms with E-state index in [9.17, 15) is 4.79 Å². The van der Waals surface area contributed by atoms with Gasteiger partial charge in [-0.15, -0.1) is 11.8 Å². The number of anilines is 1. The number of hydrogen-bond donors (Lipinski definition) is 1. The Morgan fingerprint density at radius 1 is 1.16 bits per heavy atom. The number of thioether (sulfide) groups is 1. The average Bonchev–Trinajstić information content (AvgIpc) is 3.35. The number of aromatic nitrogens is 2. The molecule has 2 aromatic carbocycles. The summed E-state index contributed by atoms with van der Waals surface area (Å²) in [6.45, 7) is 4.69. The number of nitrogens with one attached hydrogen (secondary N) is 1. The van der Waals surface area contributed by atoms with E-state index in [1.54, 1.807) is 18.9 Å². The summed E-state index contributed by atoms with van der Waals surface area (Å²) in [6, 6.07) is 16.3. The van der Waals surface area contributed by atoms with Crippen LogP contribution in [0.4, 0.5) is 5.82 Å². The van der Waals surface area contributed by atoms with Crippen molar-refractivity contribution >= 4 is 39.8 Å². The maximum absolute atomic E-state index is 12.4. The third-order valence-electron chi connectivity index (χ3n) is 5.15. The van der Waals surface area contributed by atoms with Crippen LogP contribution in [0.25, 0.3) is 16.2 Å². The van der Waals surface area contributed by atoms with E-state index in [4.69, 9.17) is 14.5 Å². The molecule has 0 aliphatic heterocycles. The van der Waals surface area contributed by atoms with Gasteiger partial charge in [-0.05, 0) is 49.9 Å². The molecule has 0 saturated heterocycles. The predicted octanol–water partition coefficient (Wildman–Crippen LogP) is 5.89. The number of nitrogens with zero attached hydrogens (tertiary/aromatic N) is 2. The number of hydrogen-bond acceptors (Lipinski definition) is 7. The minimum Gasteiger partial charge on any atom is -0.497 e. The van der Waals surface area contributed by atoms with Gasteiger partial charge in [0, 0.05) is 22.7 Å². The van der Waals surface area contributed by atoms with Gasteiger partial charge in [0.2, 0.25) is 0 Å². The molecule has 8 heteroatoms. The number of ether oxygens (including phenoxy) is 2. The summed E-state index contributed by atoms with van der Waals surface area (Å²) in [5.74, 6) is 1.37. The van der Waals surface area contributed by atoms with Crippen molar-refractivity contribution in [3.63, 3.8) is 0 Å². The monoisotopic (exact) mass is 467 g/mol. The molecule has 2 aromatic heterocycles. The zero-order valence-electron chi connectivity index (χ0n) is 18.5. The number of imidazole rings is 1. The number of fused-ring (bicyclic) bond motifs is 1. The Morgan fingerprint density at radius 3 is 2.50 bits per heavy atom. The molecule has 4 rings (SSSR count). The Morgan fingerprint density at radius 2 is 1.88 bits per heavy atom. The van der Waals surface area contributed by atoms with Gasteiger partial charge in [0.25, 0.3) is 0 Å². The molecule has 0 amide bonds. The van der Waals surface area contributed by atoms with Crippen LogP contribution in [0.3, 0.4) is 0 Å². The van der Waals surface area contributed by atoms with Crippen molar-refractivity contribution < 1.29 is 14.3 Å². The van der Waals surface area contributed by atoms with Crippen LogP contribution in [-0.4, -0.2) is 35.3 Å². The molecule has 0 saturated carbocycles. The molecule has 0 spiro atoms. The van der Waals surface area contributed by atoms with Gasteiger partial charge >= 0.3 is 5.97 Å². The Hall–Kier alpha value is -2.97. The van der Waals surface area contributed by atoms with Crippen LogP contribution >= 0.6 is 23.1 Å². The molecule has 4 aromatic rings. The number of carbonyl (C=O) groups is 1. The van der Waals surface area contributed by atoms with Gasteiger partial charge < -0.3 is 14.8 Å². The SMILES string of the molecule is CCOC(=O)c1sc2nc(-c3ccc(SC)cc3)c(NCc3ccc(OC)cc3)n2c1C. The quantitative estimate of drug-likeness (QED) is 0.257. The zero-order valence-corrected chi connectivity index (χ0v) is 20.1. The van der Waals surface area contributed by atoms with E-state index < -0.39 is 0 Å². The number of rotatable bonds is 8. The first-order chi connectivity index (χ1) is 15.5. The van der Waals surface area contributed by atoms with Crippen LogP contribution in [0.2, 0.25) is 0 Å². The molecule has 0 atom stereocenters. The molecule has 6 nitrogen and oxygen atoms in total. The third kappa shape index (κ3) is 4.33. The van der Waals surface area contributed by atoms with E-state index in [0.29, 0.717) is 18.0 Å². The lowest BCUT2D eigenvalue weighted by atomic mass is 10.1. The van der Waals surface area contributed by atoms with E-state index in [2.05, 4.69) is 35.8 Å². The highest BCUT2D eigenvalue weighted by Gasteiger charge is 2.23. The molecule has 0 bridgehead atoms. The molecule has 32 heavy (non-hydrogen) atoms. The van der Waals surface area contributed by atoms with Crippen molar-refractivity contribution in [1.29, 1.82) is 0 Å². The van der Waals surface area contributed by atoms with E-state index in [1.807, 2.05) is 42.5 Å². The zero-order chi connectivity index (χ0) is 22.7. The number of thiazole rings is 1. The molecule has 0 unspecified atom stereocenters. The first-order valence-corrected chi connectivity index (χ1v) is 12.3. The number of carbonyl (C=O) groups excluding carboxylic acids is 1.